The Morgan fingerprint density at radius 2 is 1.79 bits per heavy atom. The van der Waals surface area contributed by atoms with Gasteiger partial charge in [0, 0.05) is 24.2 Å². The van der Waals surface area contributed by atoms with Gasteiger partial charge in [0.1, 0.15) is 6.33 Å². The van der Waals surface area contributed by atoms with Crippen molar-refractivity contribution in [1.29, 1.82) is 0 Å². The molecule has 1 unspecified atom stereocenters. The zero-order valence-corrected chi connectivity index (χ0v) is 9.59. The van der Waals surface area contributed by atoms with Gasteiger partial charge in [0.25, 0.3) is 0 Å². The van der Waals surface area contributed by atoms with E-state index in [1.165, 1.54) is 24.8 Å². The average Bonchev–Trinajstić information content (AvgIpc) is 2.40. The molecule has 2 aromatic heterocycles. The van der Waals surface area contributed by atoms with Crippen molar-refractivity contribution in [2.45, 2.75) is 12.2 Å². The highest BCUT2D eigenvalue weighted by Crippen LogP contribution is 2.29. The van der Waals surface area contributed by atoms with Gasteiger partial charge in [0.05, 0.1) is 17.3 Å². The molecule has 8 heteroatoms. The molecular weight excluding hydrogens is 259 g/mol. The van der Waals surface area contributed by atoms with Gasteiger partial charge in [-0.15, -0.1) is 0 Å². The van der Waals surface area contributed by atoms with E-state index in [9.17, 15) is 13.2 Å². The van der Waals surface area contributed by atoms with Gasteiger partial charge in [-0.25, -0.2) is 15.4 Å². The summed E-state index contributed by atoms with van der Waals surface area (Å²) in [6.07, 6.45) is 0.724. The maximum atomic E-state index is 12.4. The van der Waals surface area contributed by atoms with E-state index in [4.69, 9.17) is 5.84 Å². The minimum absolute atomic E-state index is 0.352. The number of nitrogens with zero attached hydrogens (tertiary/aromatic N) is 3. The molecule has 2 aromatic rings. The third-order valence-electron chi connectivity index (χ3n) is 2.49. The van der Waals surface area contributed by atoms with Crippen LogP contribution >= 0.6 is 0 Å². The number of rotatable bonds is 3. The van der Waals surface area contributed by atoms with Gasteiger partial charge in [0.2, 0.25) is 0 Å². The van der Waals surface area contributed by atoms with Crippen LogP contribution in [-0.2, 0) is 6.18 Å². The number of nitrogens with two attached hydrogens (primary N) is 1. The van der Waals surface area contributed by atoms with Crippen LogP contribution in [0.5, 0.6) is 0 Å². The Kier molecular flexibility index (Phi) is 3.72. The third-order valence-corrected chi connectivity index (χ3v) is 2.49. The van der Waals surface area contributed by atoms with Crippen LogP contribution in [0.1, 0.15) is 22.9 Å². The summed E-state index contributed by atoms with van der Waals surface area (Å²) in [5.74, 6) is 5.39. The van der Waals surface area contributed by atoms with Crippen molar-refractivity contribution >= 4 is 0 Å². The van der Waals surface area contributed by atoms with Crippen molar-refractivity contribution in [2.75, 3.05) is 0 Å². The number of pyridine rings is 1. The number of alkyl halides is 3. The highest BCUT2D eigenvalue weighted by atomic mass is 19.4. The Morgan fingerprint density at radius 1 is 1.11 bits per heavy atom. The van der Waals surface area contributed by atoms with Gasteiger partial charge >= 0.3 is 6.18 Å². The molecule has 0 aromatic carbocycles. The normalized spacial score (nSPS) is 13.3. The van der Waals surface area contributed by atoms with E-state index < -0.39 is 17.8 Å². The third kappa shape index (κ3) is 3.04. The molecule has 0 amide bonds. The van der Waals surface area contributed by atoms with E-state index in [-0.39, 0.29) is 0 Å². The Morgan fingerprint density at radius 3 is 2.26 bits per heavy atom. The van der Waals surface area contributed by atoms with Crippen LogP contribution in [0.4, 0.5) is 13.2 Å². The van der Waals surface area contributed by atoms with E-state index in [1.54, 1.807) is 0 Å². The Hall–Kier alpha value is -2.06. The first-order valence-electron chi connectivity index (χ1n) is 5.26. The molecular formula is C11H10F3N5. The molecule has 0 bridgehead atoms. The summed E-state index contributed by atoms with van der Waals surface area (Å²) in [6, 6.07) is 1.65. The largest absolute Gasteiger partial charge is 0.417 e. The number of halogens is 3. The minimum atomic E-state index is -4.41. The molecule has 2 heterocycles. The van der Waals surface area contributed by atoms with Gasteiger partial charge in [-0.2, -0.15) is 13.2 Å². The first kappa shape index (κ1) is 13.4. The van der Waals surface area contributed by atoms with Crippen LogP contribution in [-0.4, -0.2) is 15.0 Å². The van der Waals surface area contributed by atoms with Gasteiger partial charge in [0.15, 0.2) is 0 Å². The van der Waals surface area contributed by atoms with Crippen LogP contribution in [0.3, 0.4) is 0 Å². The summed E-state index contributed by atoms with van der Waals surface area (Å²) in [5, 5.41) is 0. The highest BCUT2D eigenvalue weighted by molar-refractivity contribution is 5.25. The molecule has 100 valence electrons. The van der Waals surface area contributed by atoms with Gasteiger partial charge in [-0.05, 0) is 12.1 Å². The van der Waals surface area contributed by atoms with Gasteiger partial charge in [-0.3, -0.25) is 10.8 Å². The lowest BCUT2D eigenvalue weighted by Crippen LogP contribution is -2.29. The molecule has 19 heavy (non-hydrogen) atoms. The van der Waals surface area contributed by atoms with Crippen molar-refractivity contribution in [1.82, 2.24) is 20.4 Å². The first-order valence-corrected chi connectivity index (χ1v) is 5.26. The number of aromatic nitrogens is 3. The van der Waals surface area contributed by atoms with E-state index in [1.807, 2.05) is 0 Å². The lowest BCUT2D eigenvalue weighted by atomic mass is 10.1. The second-order valence-electron chi connectivity index (χ2n) is 3.74. The number of hydrazine groups is 1. The van der Waals surface area contributed by atoms with E-state index in [0.29, 0.717) is 11.3 Å². The number of nitrogens with one attached hydrogen (secondary N) is 1. The van der Waals surface area contributed by atoms with Gasteiger partial charge in [-0.1, -0.05) is 0 Å². The Bertz CT molecular complexity index is 526. The molecule has 3 N–H and O–H groups in total. The van der Waals surface area contributed by atoms with Crippen molar-refractivity contribution < 1.29 is 13.2 Å². The molecule has 0 spiro atoms. The van der Waals surface area contributed by atoms with E-state index in [2.05, 4.69) is 20.4 Å². The van der Waals surface area contributed by atoms with Gasteiger partial charge < -0.3 is 0 Å². The molecule has 0 saturated heterocycles. The second-order valence-corrected chi connectivity index (χ2v) is 3.74. The maximum Gasteiger partial charge on any atom is 0.417 e. The van der Waals surface area contributed by atoms with Crippen molar-refractivity contribution in [2.24, 2.45) is 5.84 Å². The van der Waals surface area contributed by atoms with Crippen LogP contribution in [0.2, 0.25) is 0 Å². The molecule has 0 fully saturated rings. The molecule has 0 aliphatic rings. The smallest absolute Gasteiger partial charge is 0.271 e. The quantitative estimate of drug-likeness (QED) is 0.651. The van der Waals surface area contributed by atoms with Crippen molar-refractivity contribution in [3.8, 4) is 0 Å². The number of hydrogen-bond acceptors (Lipinski definition) is 5. The monoisotopic (exact) mass is 269 g/mol. The average molecular weight is 269 g/mol. The van der Waals surface area contributed by atoms with Crippen LogP contribution in [0.25, 0.3) is 0 Å². The van der Waals surface area contributed by atoms with Crippen molar-refractivity contribution in [3.05, 3.63) is 53.9 Å². The highest BCUT2D eigenvalue weighted by Gasteiger charge is 2.31. The first-order chi connectivity index (χ1) is 9.02. The van der Waals surface area contributed by atoms with Crippen LogP contribution < -0.4 is 11.3 Å². The molecule has 0 radical (unpaired) electrons. The predicted octanol–water partition coefficient (Wildman–Crippen LogP) is 1.44. The predicted molar refractivity (Wildman–Crippen MR) is 60.4 cm³/mol. The maximum absolute atomic E-state index is 12.4. The van der Waals surface area contributed by atoms with Crippen molar-refractivity contribution in [3.63, 3.8) is 0 Å². The Labute approximate surface area is 106 Å². The summed E-state index contributed by atoms with van der Waals surface area (Å²) < 4.78 is 37.3. The molecule has 5 nitrogen and oxygen atoms in total. The zero-order chi connectivity index (χ0) is 13.9. The number of hydrogen-bond donors (Lipinski definition) is 2. The second kappa shape index (κ2) is 5.29. The topological polar surface area (TPSA) is 76.7 Å². The van der Waals surface area contributed by atoms with Crippen LogP contribution in [0.15, 0.2) is 37.1 Å². The summed E-state index contributed by atoms with van der Waals surface area (Å²) >= 11 is 0. The summed E-state index contributed by atoms with van der Waals surface area (Å²) in [6.45, 7) is 0. The molecule has 2 rings (SSSR count). The lowest BCUT2D eigenvalue weighted by Gasteiger charge is -2.15. The standard InChI is InChI=1S/C11H10F3N5/c12-11(13,14)8-1-2-9(18-5-8)10(19-15)7-3-16-6-17-4-7/h1-6,10,19H,15H2. The summed E-state index contributed by atoms with van der Waals surface area (Å²) in [5.41, 5.74) is 2.62. The Balaban J connectivity index is 2.30. The molecule has 0 saturated carbocycles. The fourth-order valence-corrected chi connectivity index (χ4v) is 1.56. The summed E-state index contributed by atoms with van der Waals surface area (Å²) in [4.78, 5) is 11.4. The summed E-state index contributed by atoms with van der Waals surface area (Å²) in [7, 11) is 0. The molecule has 0 aliphatic heterocycles. The van der Waals surface area contributed by atoms with E-state index in [0.717, 1.165) is 12.3 Å². The SMILES string of the molecule is NNC(c1cncnc1)c1ccc(C(F)(F)F)cn1. The zero-order valence-electron chi connectivity index (χ0n) is 9.59. The van der Waals surface area contributed by atoms with Crippen LogP contribution in [0, 0.1) is 0 Å². The molecule has 0 aliphatic carbocycles. The molecule has 1 atom stereocenters. The lowest BCUT2D eigenvalue weighted by molar-refractivity contribution is -0.137. The fraction of sp³-hybridized carbons (Fsp3) is 0.182. The minimum Gasteiger partial charge on any atom is -0.271 e. The van der Waals surface area contributed by atoms with E-state index >= 15 is 0 Å². The fourth-order valence-electron chi connectivity index (χ4n) is 1.56.